The first-order valence-corrected chi connectivity index (χ1v) is 6.43. The maximum atomic E-state index is 12.0. The highest BCUT2D eigenvalue weighted by molar-refractivity contribution is 6.30. The standard InChI is InChI=1S/C13H16ClF3N2O/c1-8(10-3-5-11(14)6-4-10)19-9(2)12(20)18-7-13(15,16)17/h3-6,8-9,19H,7H2,1-2H3,(H,18,20)/t8-,9?/m1/s1. The highest BCUT2D eigenvalue weighted by Gasteiger charge is 2.28. The maximum Gasteiger partial charge on any atom is 0.405 e. The van der Waals surface area contributed by atoms with Gasteiger partial charge in [-0.2, -0.15) is 13.2 Å². The molecule has 3 nitrogen and oxygen atoms in total. The molecule has 1 amide bonds. The molecule has 2 N–H and O–H groups in total. The molecule has 1 rings (SSSR count). The van der Waals surface area contributed by atoms with Gasteiger partial charge in [0.1, 0.15) is 6.54 Å². The first kappa shape index (κ1) is 16.8. The molecule has 0 bridgehead atoms. The second kappa shape index (κ2) is 6.95. The highest BCUT2D eigenvalue weighted by Crippen LogP contribution is 2.16. The van der Waals surface area contributed by atoms with E-state index in [1.807, 2.05) is 12.2 Å². The number of hydrogen-bond acceptors (Lipinski definition) is 2. The van der Waals surface area contributed by atoms with Crippen LogP contribution in [0.1, 0.15) is 25.5 Å². The van der Waals surface area contributed by atoms with Gasteiger partial charge in [-0.05, 0) is 31.5 Å². The van der Waals surface area contributed by atoms with Gasteiger partial charge in [-0.1, -0.05) is 23.7 Å². The SMILES string of the molecule is CC(N[C@H](C)c1ccc(Cl)cc1)C(=O)NCC(F)(F)F. The van der Waals surface area contributed by atoms with Crippen molar-refractivity contribution in [1.29, 1.82) is 0 Å². The van der Waals surface area contributed by atoms with Crippen LogP contribution < -0.4 is 10.6 Å². The van der Waals surface area contributed by atoms with Crippen LogP contribution in [0.3, 0.4) is 0 Å². The lowest BCUT2D eigenvalue weighted by Crippen LogP contribution is -2.45. The van der Waals surface area contributed by atoms with Crippen LogP contribution >= 0.6 is 11.6 Å². The molecule has 0 saturated heterocycles. The Morgan fingerprint density at radius 2 is 1.80 bits per heavy atom. The third-order valence-electron chi connectivity index (χ3n) is 2.73. The van der Waals surface area contributed by atoms with Gasteiger partial charge in [-0.15, -0.1) is 0 Å². The summed E-state index contributed by atoms with van der Waals surface area (Å²) in [4.78, 5) is 11.5. The van der Waals surface area contributed by atoms with Crippen molar-refractivity contribution in [3.05, 3.63) is 34.9 Å². The Kier molecular flexibility index (Phi) is 5.83. The molecule has 1 aromatic carbocycles. The molecule has 0 aromatic heterocycles. The molecule has 0 heterocycles. The number of rotatable bonds is 5. The van der Waals surface area contributed by atoms with E-state index in [9.17, 15) is 18.0 Å². The number of carbonyl (C=O) groups is 1. The maximum absolute atomic E-state index is 12.0. The smallest absolute Gasteiger partial charge is 0.346 e. The van der Waals surface area contributed by atoms with E-state index in [0.29, 0.717) is 5.02 Å². The summed E-state index contributed by atoms with van der Waals surface area (Å²) < 4.78 is 36.0. The van der Waals surface area contributed by atoms with Crippen LogP contribution in [0.25, 0.3) is 0 Å². The Hall–Kier alpha value is -1.27. The quantitative estimate of drug-likeness (QED) is 0.878. The van der Waals surface area contributed by atoms with Gasteiger partial charge in [0.25, 0.3) is 0 Å². The summed E-state index contributed by atoms with van der Waals surface area (Å²) in [6, 6.07) is 6.09. The number of nitrogens with one attached hydrogen (secondary N) is 2. The zero-order valence-corrected chi connectivity index (χ0v) is 11.8. The second-order valence-corrected chi connectivity index (χ2v) is 4.93. The molecule has 7 heteroatoms. The first-order chi connectivity index (χ1) is 9.19. The Bertz CT molecular complexity index is 448. The minimum Gasteiger partial charge on any atom is -0.346 e. The zero-order chi connectivity index (χ0) is 15.3. The lowest BCUT2D eigenvalue weighted by atomic mass is 10.1. The van der Waals surface area contributed by atoms with E-state index in [2.05, 4.69) is 5.32 Å². The third-order valence-corrected chi connectivity index (χ3v) is 2.98. The summed E-state index contributed by atoms with van der Waals surface area (Å²) >= 11 is 5.77. The van der Waals surface area contributed by atoms with Gasteiger partial charge < -0.3 is 5.32 Å². The van der Waals surface area contributed by atoms with Crippen molar-refractivity contribution in [3.63, 3.8) is 0 Å². The van der Waals surface area contributed by atoms with Crippen LogP contribution in [-0.2, 0) is 4.79 Å². The molecule has 1 aromatic rings. The molecular formula is C13H16ClF3N2O. The predicted molar refractivity (Wildman–Crippen MR) is 71.5 cm³/mol. The summed E-state index contributed by atoms with van der Waals surface area (Å²) in [6.07, 6.45) is -4.41. The Morgan fingerprint density at radius 1 is 1.25 bits per heavy atom. The van der Waals surface area contributed by atoms with E-state index >= 15 is 0 Å². The molecular weight excluding hydrogens is 293 g/mol. The van der Waals surface area contributed by atoms with Crippen LogP contribution in [0.15, 0.2) is 24.3 Å². The molecule has 20 heavy (non-hydrogen) atoms. The zero-order valence-electron chi connectivity index (χ0n) is 11.1. The van der Waals surface area contributed by atoms with Gasteiger partial charge in [0.05, 0.1) is 6.04 Å². The molecule has 0 saturated carbocycles. The van der Waals surface area contributed by atoms with Crippen LogP contribution in [0.4, 0.5) is 13.2 Å². The van der Waals surface area contributed by atoms with E-state index < -0.39 is 24.7 Å². The molecule has 0 radical (unpaired) electrons. The second-order valence-electron chi connectivity index (χ2n) is 4.49. The number of benzene rings is 1. The van der Waals surface area contributed by atoms with Crippen molar-refractivity contribution < 1.29 is 18.0 Å². The predicted octanol–water partition coefficient (Wildman–Crippen LogP) is 3.06. The van der Waals surface area contributed by atoms with Crippen molar-refractivity contribution in [2.24, 2.45) is 0 Å². The molecule has 1 unspecified atom stereocenters. The monoisotopic (exact) mass is 308 g/mol. The summed E-state index contributed by atoms with van der Waals surface area (Å²) in [6.45, 7) is 2.00. The lowest BCUT2D eigenvalue weighted by molar-refractivity contribution is -0.139. The fourth-order valence-electron chi connectivity index (χ4n) is 1.64. The van der Waals surface area contributed by atoms with Crippen molar-refractivity contribution in [3.8, 4) is 0 Å². The number of alkyl halides is 3. The lowest BCUT2D eigenvalue weighted by Gasteiger charge is -2.20. The normalized spacial score (nSPS) is 14.7. The largest absolute Gasteiger partial charge is 0.405 e. The van der Waals surface area contributed by atoms with E-state index in [-0.39, 0.29) is 6.04 Å². The average molecular weight is 309 g/mol. The summed E-state index contributed by atoms with van der Waals surface area (Å²) in [5, 5.41) is 5.36. The molecule has 2 atom stereocenters. The molecule has 0 aliphatic carbocycles. The molecule has 0 aliphatic rings. The molecule has 0 spiro atoms. The molecule has 112 valence electrons. The van der Waals surface area contributed by atoms with Crippen LogP contribution in [0.2, 0.25) is 5.02 Å². The number of carbonyl (C=O) groups excluding carboxylic acids is 1. The minimum absolute atomic E-state index is 0.182. The molecule has 0 fully saturated rings. The van der Waals surface area contributed by atoms with Crippen molar-refractivity contribution in [1.82, 2.24) is 10.6 Å². The van der Waals surface area contributed by atoms with Gasteiger partial charge in [0.15, 0.2) is 0 Å². The van der Waals surface area contributed by atoms with Crippen molar-refractivity contribution >= 4 is 17.5 Å². The fourth-order valence-corrected chi connectivity index (χ4v) is 1.76. The van der Waals surface area contributed by atoms with Gasteiger partial charge in [0, 0.05) is 11.1 Å². The number of amides is 1. The molecule has 0 aliphatic heterocycles. The van der Waals surface area contributed by atoms with E-state index in [1.54, 1.807) is 24.3 Å². The van der Waals surface area contributed by atoms with Gasteiger partial charge in [0.2, 0.25) is 5.91 Å². The number of halogens is 4. The van der Waals surface area contributed by atoms with Gasteiger partial charge in [-0.25, -0.2) is 0 Å². The fraction of sp³-hybridized carbons (Fsp3) is 0.462. The third kappa shape index (κ3) is 5.79. The topological polar surface area (TPSA) is 41.1 Å². The highest BCUT2D eigenvalue weighted by atomic mass is 35.5. The average Bonchev–Trinajstić information content (AvgIpc) is 2.35. The van der Waals surface area contributed by atoms with Gasteiger partial charge in [-0.3, -0.25) is 10.1 Å². The van der Waals surface area contributed by atoms with E-state index in [4.69, 9.17) is 11.6 Å². The van der Waals surface area contributed by atoms with Gasteiger partial charge >= 0.3 is 6.18 Å². The number of hydrogen-bond donors (Lipinski definition) is 2. The van der Waals surface area contributed by atoms with Crippen molar-refractivity contribution in [2.75, 3.05) is 6.54 Å². The summed E-state index contributed by atoms with van der Waals surface area (Å²) in [5.74, 6) is -0.692. The van der Waals surface area contributed by atoms with Crippen LogP contribution in [-0.4, -0.2) is 24.7 Å². The minimum atomic E-state index is -4.41. The summed E-state index contributed by atoms with van der Waals surface area (Å²) in [5.41, 5.74) is 0.893. The van der Waals surface area contributed by atoms with Crippen LogP contribution in [0.5, 0.6) is 0 Å². The van der Waals surface area contributed by atoms with E-state index in [0.717, 1.165) is 5.56 Å². The Balaban J connectivity index is 2.50. The first-order valence-electron chi connectivity index (χ1n) is 6.05. The van der Waals surface area contributed by atoms with E-state index in [1.165, 1.54) is 6.92 Å². The summed E-state index contributed by atoms with van der Waals surface area (Å²) in [7, 11) is 0. The Morgan fingerprint density at radius 3 is 2.30 bits per heavy atom. The Labute approximate surface area is 120 Å². The van der Waals surface area contributed by atoms with Crippen molar-refractivity contribution in [2.45, 2.75) is 32.1 Å². The van der Waals surface area contributed by atoms with Crippen LogP contribution in [0, 0.1) is 0 Å².